The number of nitriles is 1. The Bertz CT molecular complexity index is 1290. The Balaban J connectivity index is 1.36. The van der Waals surface area contributed by atoms with Crippen molar-refractivity contribution in [3.05, 3.63) is 71.3 Å². The summed E-state index contributed by atoms with van der Waals surface area (Å²) in [7, 11) is 0. The maximum absolute atomic E-state index is 13.1. The number of anilines is 2. The van der Waals surface area contributed by atoms with E-state index in [4.69, 9.17) is 9.15 Å². The van der Waals surface area contributed by atoms with Crippen LogP contribution in [0, 0.1) is 11.3 Å². The lowest BCUT2D eigenvalue weighted by molar-refractivity contribution is 0.359. The summed E-state index contributed by atoms with van der Waals surface area (Å²) in [6.07, 6.45) is 5.30. The smallest absolute Gasteiger partial charge is 0.248 e. The van der Waals surface area contributed by atoms with Gasteiger partial charge in [0.2, 0.25) is 11.8 Å². The summed E-state index contributed by atoms with van der Waals surface area (Å²) in [5.74, 6) is 1.70. The van der Waals surface area contributed by atoms with Gasteiger partial charge in [-0.1, -0.05) is 0 Å². The molecule has 0 saturated heterocycles. The van der Waals surface area contributed by atoms with Gasteiger partial charge in [0.1, 0.15) is 18.0 Å². The van der Waals surface area contributed by atoms with Crippen molar-refractivity contribution in [1.29, 1.82) is 5.26 Å². The zero-order valence-corrected chi connectivity index (χ0v) is 18.1. The summed E-state index contributed by atoms with van der Waals surface area (Å²) in [4.78, 5) is 0. The predicted octanol–water partition coefficient (Wildman–Crippen LogP) is 5.55. The number of fused-ring (bicyclic) bond motifs is 1. The molecule has 0 amide bonds. The average molecular weight is 443 g/mol. The molecule has 0 saturated carbocycles. The maximum Gasteiger partial charge on any atom is 0.248 e. The van der Waals surface area contributed by atoms with E-state index < -0.39 is 6.17 Å². The van der Waals surface area contributed by atoms with Crippen molar-refractivity contribution in [2.45, 2.75) is 32.4 Å². The fourth-order valence-electron chi connectivity index (χ4n) is 3.91. The van der Waals surface area contributed by atoms with Gasteiger partial charge in [0.25, 0.3) is 0 Å². The van der Waals surface area contributed by atoms with Crippen LogP contribution < -0.4 is 10.6 Å². The van der Waals surface area contributed by atoms with Crippen LogP contribution in [-0.2, 0) is 11.2 Å². The van der Waals surface area contributed by atoms with Crippen LogP contribution in [0.4, 0.5) is 15.8 Å². The largest absolute Gasteiger partial charge is 0.468 e. The fraction of sp³-hybridized carbons (Fsp3) is 0.240. The van der Waals surface area contributed by atoms with Crippen LogP contribution in [0.3, 0.4) is 0 Å². The van der Waals surface area contributed by atoms with Crippen molar-refractivity contribution >= 4 is 11.4 Å². The van der Waals surface area contributed by atoms with E-state index in [1.807, 2.05) is 18.2 Å². The van der Waals surface area contributed by atoms with Gasteiger partial charge in [0.15, 0.2) is 0 Å². The van der Waals surface area contributed by atoms with E-state index in [-0.39, 0.29) is 6.54 Å². The van der Waals surface area contributed by atoms with Crippen LogP contribution in [0.1, 0.15) is 30.9 Å². The number of rotatable bonds is 5. The Morgan fingerprint density at radius 3 is 2.67 bits per heavy atom. The molecule has 5 rings (SSSR count). The highest BCUT2D eigenvalue weighted by Crippen LogP contribution is 2.34. The predicted molar refractivity (Wildman–Crippen MR) is 123 cm³/mol. The van der Waals surface area contributed by atoms with Crippen LogP contribution in [0.25, 0.3) is 22.9 Å². The number of hydrogen-bond acceptors (Lipinski definition) is 7. The quantitative estimate of drug-likeness (QED) is 0.534. The highest BCUT2D eigenvalue weighted by Gasteiger charge is 2.20. The molecule has 0 spiro atoms. The highest BCUT2D eigenvalue weighted by molar-refractivity contribution is 5.69. The van der Waals surface area contributed by atoms with Crippen molar-refractivity contribution in [2.75, 3.05) is 17.2 Å². The van der Waals surface area contributed by atoms with E-state index in [0.717, 1.165) is 42.0 Å². The minimum atomic E-state index is -1.02. The van der Waals surface area contributed by atoms with Gasteiger partial charge in [-0.05, 0) is 67.8 Å². The maximum atomic E-state index is 13.1. The van der Waals surface area contributed by atoms with E-state index in [2.05, 4.69) is 33.0 Å². The SMILES string of the molecule is CC(F)CNc1ccc(-c2nnc(-c3ccc4c(c3)CCC(=C3CC=CO3)N4)o2)cc1C#N. The van der Waals surface area contributed by atoms with Crippen LogP contribution >= 0.6 is 0 Å². The summed E-state index contributed by atoms with van der Waals surface area (Å²) < 4.78 is 24.6. The summed E-state index contributed by atoms with van der Waals surface area (Å²) >= 11 is 0. The second kappa shape index (κ2) is 8.79. The summed E-state index contributed by atoms with van der Waals surface area (Å²) in [6.45, 7) is 1.59. The summed E-state index contributed by atoms with van der Waals surface area (Å²) in [5, 5.41) is 24.2. The summed E-state index contributed by atoms with van der Waals surface area (Å²) in [5.41, 5.74) is 5.76. The van der Waals surface area contributed by atoms with Gasteiger partial charge in [-0.3, -0.25) is 0 Å². The molecular weight excluding hydrogens is 421 g/mol. The van der Waals surface area contributed by atoms with Crippen molar-refractivity contribution in [2.24, 2.45) is 0 Å². The Kier molecular flexibility index (Phi) is 5.53. The second-order valence-electron chi connectivity index (χ2n) is 8.04. The van der Waals surface area contributed by atoms with Gasteiger partial charge >= 0.3 is 0 Å². The van der Waals surface area contributed by atoms with E-state index in [9.17, 15) is 9.65 Å². The van der Waals surface area contributed by atoms with Gasteiger partial charge in [-0.15, -0.1) is 10.2 Å². The van der Waals surface area contributed by atoms with E-state index >= 15 is 0 Å². The number of benzene rings is 2. The second-order valence-corrected chi connectivity index (χ2v) is 8.04. The Hall–Kier alpha value is -4.12. The molecule has 3 heterocycles. The Morgan fingerprint density at radius 2 is 1.94 bits per heavy atom. The molecule has 2 aliphatic rings. The lowest BCUT2D eigenvalue weighted by Crippen LogP contribution is -2.12. The van der Waals surface area contributed by atoms with Crippen LogP contribution in [0.15, 0.2) is 64.6 Å². The molecule has 33 heavy (non-hydrogen) atoms. The zero-order valence-electron chi connectivity index (χ0n) is 18.1. The Morgan fingerprint density at radius 1 is 1.15 bits per heavy atom. The molecular formula is C25H22FN5O2. The fourth-order valence-corrected chi connectivity index (χ4v) is 3.91. The van der Waals surface area contributed by atoms with E-state index in [0.29, 0.717) is 28.6 Å². The number of nitrogens with one attached hydrogen (secondary N) is 2. The number of alkyl halides is 1. The number of nitrogens with zero attached hydrogens (tertiary/aromatic N) is 3. The first-order chi connectivity index (χ1) is 16.1. The lowest BCUT2D eigenvalue weighted by atomic mass is 9.98. The molecule has 0 fully saturated rings. The minimum absolute atomic E-state index is 0.133. The normalized spacial score (nSPS) is 17.6. The van der Waals surface area contributed by atoms with Crippen molar-refractivity contribution < 1.29 is 13.5 Å². The van der Waals surface area contributed by atoms with Gasteiger partial charge in [-0.2, -0.15) is 5.26 Å². The molecule has 166 valence electrons. The first-order valence-corrected chi connectivity index (χ1v) is 10.8. The molecule has 0 aliphatic carbocycles. The van der Waals surface area contributed by atoms with Crippen LogP contribution in [0.5, 0.6) is 0 Å². The number of ether oxygens (including phenoxy) is 1. The monoisotopic (exact) mass is 443 g/mol. The molecule has 3 aromatic rings. The van der Waals surface area contributed by atoms with Gasteiger partial charge in [0, 0.05) is 29.8 Å². The summed E-state index contributed by atoms with van der Waals surface area (Å²) in [6, 6.07) is 13.3. The molecule has 2 aromatic carbocycles. The molecule has 1 unspecified atom stereocenters. The van der Waals surface area contributed by atoms with E-state index in [1.165, 1.54) is 12.5 Å². The van der Waals surface area contributed by atoms with Gasteiger partial charge in [-0.25, -0.2) is 4.39 Å². The third-order valence-electron chi connectivity index (χ3n) is 5.61. The molecule has 2 N–H and O–H groups in total. The number of halogens is 1. The molecule has 7 nitrogen and oxygen atoms in total. The average Bonchev–Trinajstić information content (AvgIpc) is 3.55. The molecule has 0 radical (unpaired) electrons. The first kappa shape index (κ1) is 20.8. The van der Waals surface area contributed by atoms with Crippen molar-refractivity contribution in [1.82, 2.24) is 10.2 Å². The molecule has 0 bridgehead atoms. The molecule has 2 aliphatic heterocycles. The topological polar surface area (TPSA) is 96.0 Å². The van der Waals surface area contributed by atoms with Crippen molar-refractivity contribution in [3.63, 3.8) is 0 Å². The molecule has 8 heteroatoms. The van der Waals surface area contributed by atoms with Gasteiger partial charge < -0.3 is 19.8 Å². The lowest BCUT2D eigenvalue weighted by Gasteiger charge is -2.22. The zero-order chi connectivity index (χ0) is 22.8. The minimum Gasteiger partial charge on any atom is -0.468 e. The number of hydrogen-bond donors (Lipinski definition) is 2. The molecule has 1 atom stereocenters. The highest BCUT2D eigenvalue weighted by atomic mass is 19.1. The third-order valence-corrected chi connectivity index (χ3v) is 5.61. The van der Waals surface area contributed by atoms with Crippen molar-refractivity contribution in [3.8, 4) is 29.0 Å². The van der Waals surface area contributed by atoms with Gasteiger partial charge in [0.05, 0.1) is 23.2 Å². The standard InChI is InChI=1S/C25H22FN5O2/c1-15(26)14-28-20-7-5-18(12-19(20)13-27)25-31-30-24(33-25)17-6-8-21-16(11-17)4-9-22(29-21)23-3-2-10-32-23/h2,5-8,10-12,15,28-29H,3-4,9,14H2,1H3. The van der Waals surface area contributed by atoms with Crippen LogP contribution in [0.2, 0.25) is 0 Å². The number of allylic oxidation sites excluding steroid dienone is 2. The van der Waals surface area contributed by atoms with E-state index in [1.54, 1.807) is 24.5 Å². The Labute approximate surface area is 190 Å². The number of aromatic nitrogens is 2. The molecule has 1 aromatic heterocycles. The number of aryl methyl sites for hydroxylation is 1. The van der Waals surface area contributed by atoms with Crippen LogP contribution in [-0.4, -0.2) is 22.9 Å². The first-order valence-electron chi connectivity index (χ1n) is 10.8. The third kappa shape index (κ3) is 4.30.